The Morgan fingerprint density at radius 1 is 1.33 bits per heavy atom. The van der Waals surface area contributed by atoms with Crippen LogP contribution >= 0.6 is 11.6 Å². The zero-order valence-electron chi connectivity index (χ0n) is 12.5. The highest BCUT2D eigenvalue weighted by Crippen LogP contribution is 2.44. The molecular formula is C17H23ClN2O. The van der Waals surface area contributed by atoms with Crippen LogP contribution in [0.25, 0.3) is 0 Å². The molecule has 0 saturated heterocycles. The molecule has 0 radical (unpaired) electrons. The van der Waals surface area contributed by atoms with E-state index in [2.05, 4.69) is 5.32 Å². The lowest BCUT2D eigenvalue weighted by atomic mass is 9.80. The van der Waals surface area contributed by atoms with Gasteiger partial charge in [-0.1, -0.05) is 37.8 Å². The molecule has 1 aromatic rings. The number of hydrogen-bond acceptors (Lipinski definition) is 2. The lowest BCUT2D eigenvalue weighted by Gasteiger charge is -2.29. The second-order valence-corrected chi connectivity index (χ2v) is 6.77. The summed E-state index contributed by atoms with van der Waals surface area (Å²) in [5, 5.41) is 3.72. The quantitative estimate of drug-likeness (QED) is 0.871. The molecule has 1 heterocycles. The fourth-order valence-electron chi connectivity index (χ4n) is 3.84. The predicted molar refractivity (Wildman–Crippen MR) is 86.6 cm³/mol. The van der Waals surface area contributed by atoms with Gasteiger partial charge in [0.15, 0.2) is 0 Å². The van der Waals surface area contributed by atoms with Crippen LogP contribution in [0.1, 0.15) is 68.5 Å². The van der Waals surface area contributed by atoms with Gasteiger partial charge in [-0.05, 0) is 48.4 Å². The fraction of sp³-hybridized carbons (Fsp3) is 0.588. The highest BCUT2D eigenvalue weighted by molar-refractivity contribution is 6.31. The normalized spacial score (nSPS) is 23.8. The first-order valence-corrected chi connectivity index (χ1v) is 8.39. The van der Waals surface area contributed by atoms with Crippen LogP contribution in [0.3, 0.4) is 0 Å². The topological polar surface area (TPSA) is 55.1 Å². The van der Waals surface area contributed by atoms with Crippen LogP contribution in [0.4, 0.5) is 5.69 Å². The predicted octanol–water partition coefficient (Wildman–Crippen LogP) is 4.37. The molecule has 0 aromatic heterocycles. The van der Waals surface area contributed by atoms with Gasteiger partial charge in [0.2, 0.25) is 5.91 Å². The molecule has 1 fully saturated rings. The first-order valence-electron chi connectivity index (χ1n) is 8.01. The highest BCUT2D eigenvalue weighted by atomic mass is 35.5. The van der Waals surface area contributed by atoms with E-state index < -0.39 is 0 Å². The lowest BCUT2D eigenvalue weighted by Crippen LogP contribution is -2.24. The monoisotopic (exact) mass is 306 g/mol. The molecule has 2 aliphatic rings. The van der Waals surface area contributed by atoms with E-state index in [9.17, 15) is 4.79 Å². The molecule has 114 valence electrons. The number of halogens is 1. The van der Waals surface area contributed by atoms with Crippen LogP contribution in [0, 0.1) is 5.92 Å². The van der Waals surface area contributed by atoms with Crippen molar-refractivity contribution < 1.29 is 4.79 Å². The van der Waals surface area contributed by atoms with Crippen molar-refractivity contribution in [3.05, 3.63) is 28.3 Å². The minimum absolute atomic E-state index is 0.0337. The minimum Gasteiger partial charge on any atom is -0.325 e. The van der Waals surface area contributed by atoms with Crippen molar-refractivity contribution in [2.75, 3.05) is 5.32 Å². The number of rotatable bonds is 3. The molecule has 1 amide bonds. The van der Waals surface area contributed by atoms with Gasteiger partial charge in [0.1, 0.15) is 0 Å². The summed E-state index contributed by atoms with van der Waals surface area (Å²) in [6.07, 6.45) is 6.96. The number of hydrogen-bond donors (Lipinski definition) is 2. The molecule has 21 heavy (non-hydrogen) atoms. The van der Waals surface area contributed by atoms with E-state index in [1.165, 1.54) is 32.1 Å². The van der Waals surface area contributed by atoms with E-state index >= 15 is 0 Å². The smallest absolute Gasteiger partial charge is 0.232 e. The van der Waals surface area contributed by atoms with Crippen LogP contribution in [0.15, 0.2) is 12.1 Å². The zero-order valence-corrected chi connectivity index (χ0v) is 13.2. The molecule has 2 atom stereocenters. The number of nitrogens with two attached hydrogens (primary N) is 1. The van der Waals surface area contributed by atoms with E-state index in [-0.39, 0.29) is 17.9 Å². The molecule has 1 aromatic carbocycles. The largest absolute Gasteiger partial charge is 0.325 e. The van der Waals surface area contributed by atoms with Gasteiger partial charge < -0.3 is 11.1 Å². The fourth-order valence-corrected chi connectivity index (χ4v) is 4.07. The summed E-state index contributed by atoms with van der Waals surface area (Å²) >= 11 is 6.29. The Morgan fingerprint density at radius 2 is 2.05 bits per heavy atom. The third-order valence-corrected chi connectivity index (χ3v) is 5.25. The van der Waals surface area contributed by atoms with Crippen molar-refractivity contribution in [3.63, 3.8) is 0 Å². The Balaban J connectivity index is 1.98. The molecule has 3 nitrogen and oxygen atoms in total. The van der Waals surface area contributed by atoms with Gasteiger partial charge in [0, 0.05) is 16.8 Å². The molecule has 1 aliphatic carbocycles. The maximum Gasteiger partial charge on any atom is 0.232 e. The van der Waals surface area contributed by atoms with E-state index in [4.69, 9.17) is 17.3 Å². The third kappa shape index (κ3) is 2.69. The maximum atomic E-state index is 12.1. The zero-order chi connectivity index (χ0) is 15.0. The molecule has 3 N–H and O–H groups in total. The first-order chi connectivity index (χ1) is 10.1. The summed E-state index contributed by atoms with van der Waals surface area (Å²) in [5.41, 5.74) is 9.51. The number of benzene rings is 1. The number of fused-ring (bicyclic) bond motifs is 1. The lowest BCUT2D eigenvalue weighted by molar-refractivity contribution is -0.117. The first kappa shape index (κ1) is 14.9. The van der Waals surface area contributed by atoms with Gasteiger partial charge in [-0.3, -0.25) is 4.79 Å². The summed E-state index contributed by atoms with van der Waals surface area (Å²) in [6, 6.07) is 3.83. The summed E-state index contributed by atoms with van der Waals surface area (Å²) in [4.78, 5) is 12.1. The summed E-state index contributed by atoms with van der Waals surface area (Å²) in [7, 11) is 0. The molecule has 1 aliphatic heterocycles. The van der Waals surface area contributed by atoms with E-state index in [1.807, 2.05) is 19.1 Å². The molecule has 1 saturated carbocycles. The van der Waals surface area contributed by atoms with Crippen LogP contribution < -0.4 is 11.1 Å². The van der Waals surface area contributed by atoms with Gasteiger partial charge >= 0.3 is 0 Å². The van der Waals surface area contributed by atoms with Gasteiger partial charge in [-0.25, -0.2) is 0 Å². The number of carbonyl (C=O) groups is 1. The molecular weight excluding hydrogens is 284 g/mol. The highest BCUT2D eigenvalue weighted by Gasteiger charge is 2.34. The Bertz CT molecular complexity index is 552. The summed E-state index contributed by atoms with van der Waals surface area (Å²) in [5.74, 6) is 0.488. The second kappa shape index (κ2) is 5.98. The number of nitrogens with one attached hydrogen (secondary N) is 1. The van der Waals surface area contributed by atoms with Gasteiger partial charge in [0.25, 0.3) is 0 Å². The molecule has 0 bridgehead atoms. The van der Waals surface area contributed by atoms with Crippen molar-refractivity contribution >= 4 is 23.2 Å². The standard InChI is InChI=1S/C17H23ClN2O/c1-2-12-13-8-11(18)9-14(16(13)20-17(12)21)15(19)10-6-4-3-5-7-10/h8-10,12,15H,2-7,19H2,1H3,(H,20,21). The number of anilines is 1. The SMILES string of the molecule is CCC1C(=O)Nc2c1cc(Cl)cc2C(N)C1CCCCC1. The van der Waals surface area contributed by atoms with Crippen molar-refractivity contribution in [3.8, 4) is 0 Å². The van der Waals surface area contributed by atoms with E-state index in [0.29, 0.717) is 10.9 Å². The van der Waals surface area contributed by atoms with Crippen molar-refractivity contribution in [1.29, 1.82) is 0 Å². The Hall–Kier alpha value is -1.06. The summed E-state index contributed by atoms with van der Waals surface area (Å²) in [6.45, 7) is 2.03. The van der Waals surface area contributed by atoms with Gasteiger partial charge in [0.05, 0.1) is 5.92 Å². The van der Waals surface area contributed by atoms with E-state index in [1.54, 1.807) is 0 Å². The molecule has 3 rings (SSSR count). The van der Waals surface area contributed by atoms with E-state index in [0.717, 1.165) is 23.2 Å². The van der Waals surface area contributed by atoms with Crippen molar-refractivity contribution in [2.24, 2.45) is 11.7 Å². The molecule has 0 spiro atoms. The average Bonchev–Trinajstić information content (AvgIpc) is 2.81. The average molecular weight is 307 g/mol. The van der Waals surface area contributed by atoms with Gasteiger partial charge in [-0.2, -0.15) is 0 Å². The van der Waals surface area contributed by atoms with Crippen molar-refractivity contribution in [2.45, 2.75) is 57.4 Å². The van der Waals surface area contributed by atoms with Crippen LogP contribution in [0.5, 0.6) is 0 Å². The Kier molecular flexibility index (Phi) is 4.23. The molecule has 4 heteroatoms. The van der Waals surface area contributed by atoms with Crippen LogP contribution in [-0.2, 0) is 4.79 Å². The third-order valence-electron chi connectivity index (χ3n) is 5.03. The van der Waals surface area contributed by atoms with Gasteiger partial charge in [-0.15, -0.1) is 0 Å². The number of amides is 1. The maximum absolute atomic E-state index is 12.1. The second-order valence-electron chi connectivity index (χ2n) is 6.33. The van der Waals surface area contributed by atoms with Crippen molar-refractivity contribution in [1.82, 2.24) is 0 Å². The summed E-state index contributed by atoms with van der Waals surface area (Å²) < 4.78 is 0. The Morgan fingerprint density at radius 3 is 2.71 bits per heavy atom. The Labute approximate surface area is 131 Å². The van der Waals surface area contributed by atoms with Crippen LogP contribution in [0.2, 0.25) is 5.02 Å². The number of carbonyl (C=O) groups excluding carboxylic acids is 1. The minimum atomic E-state index is -0.0870. The van der Waals surface area contributed by atoms with Crippen LogP contribution in [-0.4, -0.2) is 5.91 Å². The molecule has 2 unspecified atom stereocenters.